The van der Waals surface area contributed by atoms with E-state index in [1.807, 2.05) is 0 Å². The van der Waals surface area contributed by atoms with Gasteiger partial charge >= 0.3 is 0 Å². The first kappa shape index (κ1) is 22.3. The van der Waals surface area contributed by atoms with Crippen molar-refractivity contribution in [3.05, 3.63) is 81.8 Å². The molecule has 166 valence electrons. The highest BCUT2D eigenvalue weighted by molar-refractivity contribution is 9.10. The largest absolute Gasteiger partial charge is 0.363 e. The lowest BCUT2D eigenvalue weighted by atomic mass is 10.1. The quantitative estimate of drug-likeness (QED) is 0.513. The monoisotopic (exact) mass is 525 g/mol. The van der Waals surface area contributed by atoms with Crippen molar-refractivity contribution in [2.75, 3.05) is 22.5 Å². The van der Waals surface area contributed by atoms with E-state index >= 15 is 4.39 Å². The number of fused-ring (bicyclic) bond motifs is 1. The summed E-state index contributed by atoms with van der Waals surface area (Å²) in [7, 11) is -4.30. The standard InChI is InChI=1S/C21H15BrF3N3O3S/c22-13-3-5-14(6-4-13)27-21(29)15-16(23)18(25)20-19(17(15)24)28(8-9-32(20,30)31)11-12-2-1-7-26-10-12/h1-7,10H,8-9,11H2,(H,27,29). The first-order chi connectivity index (χ1) is 15.2. The minimum atomic E-state index is -4.30. The number of sulfone groups is 1. The Balaban J connectivity index is 1.83. The number of aromatic nitrogens is 1. The van der Waals surface area contributed by atoms with Crippen molar-refractivity contribution in [2.45, 2.75) is 11.4 Å². The molecular formula is C21H15BrF3N3O3S. The van der Waals surface area contributed by atoms with Crippen LogP contribution in [0.25, 0.3) is 0 Å². The van der Waals surface area contributed by atoms with Crippen LogP contribution in [0.4, 0.5) is 24.5 Å². The maximum absolute atomic E-state index is 15.5. The van der Waals surface area contributed by atoms with Crippen molar-refractivity contribution in [3.8, 4) is 0 Å². The minimum absolute atomic E-state index is 0.00781. The first-order valence-electron chi connectivity index (χ1n) is 9.33. The molecule has 0 atom stereocenters. The van der Waals surface area contributed by atoms with E-state index in [0.29, 0.717) is 10.0 Å². The molecule has 1 aliphatic heterocycles. The fourth-order valence-corrected chi connectivity index (χ4v) is 5.24. The van der Waals surface area contributed by atoms with Crippen LogP contribution in [0.15, 0.2) is 58.2 Å². The summed E-state index contributed by atoms with van der Waals surface area (Å²) in [6.07, 6.45) is 3.01. The molecule has 0 unspecified atom stereocenters. The highest BCUT2D eigenvalue weighted by Crippen LogP contribution is 2.39. The fourth-order valence-electron chi connectivity index (χ4n) is 3.43. The third kappa shape index (κ3) is 4.09. The second-order valence-corrected chi connectivity index (χ2v) is 10.0. The maximum Gasteiger partial charge on any atom is 0.261 e. The molecule has 0 fully saturated rings. The second-order valence-electron chi connectivity index (χ2n) is 7.06. The van der Waals surface area contributed by atoms with Gasteiger partial charge in [0.25, 0.3) is 5.91 Å². The van der Waals surface area contributed by atoms with Crippen molar-refractivity contribution in [1.82, 2.24) is 4.98 Å². The summed E-state index contributed by atoms with van der Waals surface area (Å²) in [5.41, 5.74) is -1.05. The van der Waals surface area contributed by atoms with Crippen LogP contribution in [-0.4, -0.2) is 31.6 Å². The Hall–Kier alpha value is -2.92. The van der Waals surface area contributed by atoms with E-state index in [1.54, 1.807) is 24.3 Å². The molecule has 1 aliphatic rings. The van der Waals surface area contributed by atoms with Gasteiger partial charge in [0, 0.05) is 35.6 Å². The molecule has 4 rings (SSSR count). The Labute approximate surface area is 190 Å². The number of pyridine rings is 1. The number of carbonyl (C=O) groups excluding carboxylic acids is 1. The molecule has 2 heterocycles. The topological polar surface area (TPSA) is 79.4 Å². The van der Waals surface area contributed by atoms with Gasteiger partial charge in [-0.3, -0.25) is 9.78 Å². The van der Waals surface area contributed by atoms with Gasteiger partial charge in [0.05, 0.1) is 11.4 Å². The highest BCUT2D eigenvalue weighted by atomic mass is 79.9. The summed E-state index contributed by atoms with van der Waals surface area (Å²) in [6.45, 7) is -0.174. The Morgan fingerprint density at radius 2 is 1.81 bits per heavy atom. The zero-order valence-electron chi connectivity index (χ0n) is 16.3. The molecule has 11 heteroatoms. The number of benzene rings is 2. The number of hydrogen-bond acceptors (Lipinski definition) is 5. The summed E-state index contributed by atoms with van der Waals surface area (Å²) >= 11 is 3.23. The average Bonchev–Trinajstić information content (AvgIpc) is 2.75. The molecule has 1 amide bonds. The normalized spacial score (nSPS) is 14.7. The van der Waals surface area contributed by atoms with Crippen molar-refractivity contribution in [1.29, 1.82) is 0 Å². The molecule has 0 radical (unpaired) electrons. The minimum Gasteiger partial charge on any atom is -0.363 e. The Morgan fingerprint density at radius 1 is 1.09 bits per heavy atom. The van der Waals surface area contributed by atoms with Crippen LogP contribution in [0.5, 0.6) is 0 Å². The number of amides is 1. The first-order valence-corrected chi connectivity index (χ1v) is 11.8. The molecule has 6 nitrogen and oxygen atoms in total. The van der Waals surface area contributed by atoms with Gasteiger partial charge in [0.15, 0.2) is 27.3 Å². The smallest absolute Gasteiger partial charge is 0.261 e. The van der Waals surface area contributed by atoms with E-state index in [9.17, 15) is 22.0 Å². The van der Waals surface area contributed by atoms with Crippen molar-refractivity contribution in [3.63, 3.8) is 0 Å². The predicted octanol–water partition coefficient (Wildman–Crippen LogP) is 4.31. The van der Waals surface area contributed by atoms with Crippen molar-refractivity contribution in [2.24, 2.45) is 0 Å². The molecule has 32 heavy (non-hydrogen) atoms. The summed E-state index contributed by atoms with van der Waals surface area (Å²) < 4.78 is 70.9. The lowest BCUT2D eigenvalue weighted by molar-refractivity contribution is 0.101. The number of hydrogen-bond donors (Lipinski definition) is 1. The number of nitrogens with zero attached hydrogens (tertiary/aromatic N) is 2. The van der Waals surface area contributed by atoms with Gasteiger partial charge in [0.2, 0.25) is 0 Å². The van der Waals surface area contributed by atoms with Crippen LogP contribution in [-0.2, 0) is 16.4 Å². The van der Waals surface area contributed by atoms with Crippen LogP contribution in [0.1, 0.15) is 15.9 Å². The fraction of sp³-hybridized carbons (Fsp3) is 0.143. The van der Waals surface area contributed by atoms with Gasteiger partial charge in [-0.2, -0.15) is 0 Å². The number of anilines is 2. The lowest BCUT2D eigenvalue weighted by Gasteiger charge is -2.32. The van der Waals surface area contributed by atoms with Crippen LogP contribution in [0.2, 0.25) is 0 Å². The van der Waals surface area contributed by atoms with Gasteiger partial charge in [0.1, 0.15) is 10.5 Å². The third-order valence-corrected chi connectivity index (χ3v) is 7.18. The van der Waals surface area contributed by atoms with E-state index in [1.165, 1.54) is 29.4 Å². The second kappa shape index (κ2) is 8.55. The Morgan fingerprint density at radius 3 is 2.47 bits per heavy atom. The molecular weight excluding hydrogens is 511 g/mol. The highest BCUT2D eigenvalue weighted by Gasteiger charge is 2.40. The molecule has 1 aromatic heterocycles. The van der Waals surface area contributed by atoms with E-state index in [2.05, 4.69) is 26.2 Å². The molecule has 0 spiro atoms. The summed E-state index contributed by atoms with van der Waals surface area (Å²) in [6, 6.07) is 9.46. The van der Waals surface area contributed by atoms with Crippen molar-refractivity contribution < 1.29 is 26.4 Å². The average molecular weight is 526 g/mol. The van der Waals surface area contributed by atoms with Gasteiger partial charge in [-0.25, -0.2) is 21.6 Å². The van der Waals surface area contributed by atoms with Gasteiger partial charge in [-0.05, 0) is 35.9 Å². The predicted molar refractivity (Wildman–Crippen MR) is 116 cm³/mol. The number of carbonyl (C=O) groups is 1. The van der Waals surface area contributed by atoms with Gasteiger partial charge < -0.3 is 10.2 Å². The van der Waals surface area contributed by atoms with E-state index < -0.39 is 55.1 Å². The number of nitrogens with one attached hydrogen (secondary N) is 1. The van der Waals surface area contributed by atoms with Crippen LogP contribution in [0.3, 0.4) is 0 Å². The molecule has 1 N–H and O–H groups in total. The van der Waals surface area contributed by atoms with Crippen molar-refractivity contribution >= 4 is 43.0 Å². The molecule has 0 saturated heterocycles. The molecule has 0 bridgehead atoms. The maximum atomic E-state index is 15.5. The molecule has 0 saturated carbocycles. The zero-order chi connectivity index (χ0) is 23.0. The van der Waals surface area contributed by atoms with Crippen LogP contribution in [0, 0.1) is 17.5 Å². The van der Waals surface area contributed by atoms with Gasteiger partial charge in [-0.15, -0.1) is 0 Å². The zero-order valence-corrected chi connectivity index (χ0v) is 18.7. The SMILES string of the molecule is O=C(Nc1ccc(Br)cc1)c1c(F)c(F)c2c(c1F)N(Cc1cccnc1)CCS2(=O)=O. The summed E-state index contributed by atoms with van der Waals surface area (Å²) in [4.78, 5) is 16.8. The van der Waals surface area contributed by atoms with Gasteiger partial charge in [-0.1, -0.05) is 22.0 Å². The van der Waals surface area contributed by atoms with E-state index in [4.69, 9.17) is 0 Å². The lowest BCUT2D eigenvalue weighted by Crippen LogP contribution is -2.37. The molecule has 2 aromatic carbocycles. The van der Waals surface area contributed by atoms with Crippen LogP contribution >= 0.6 is 15.9 Å². The van der Waals surface area contributed by atoms with E-state index in [-0.39, 0.29) is 18.8 Å². The Bertz CT molecular complexity index is 1300. The summed E-state index contributed by atoms with van der Waals surface area (Å²) in [5, 5.41) is 2.30. The number of halogens is 4. The summed E-state index contributed by atoms with van der Waals surface area (Å²) in [5.74, 6) is -6.85. The molecule has 3 aromatic rings. The Kier molecular flexibility index (Phi) is 5.95. The molecule has 0 aliphatic carbocycles. The van der Waals surface area contributed by atoms with E-state index in [0.717, 1.165) is 0 Å². The third-order valence-electron chi connectivity index (χ3n) is 4.94. The number of rotatable bonds is 4. The van der Waals surface area contributed by atoms with Crippen LogP contribution < -0.4 is 10.2 Å².